The lowest BCUT2D eigenvalue weighted by Gasteiger charge is -2.19. The van der Waals surface area contributed by atoms with Crippen LogP contribution in [0, 0.1) is 5.92 Å². The topological polar surface area (TPSA) is 101 Å². The van der Waals surface area contributed by atoms with E-state index >= 15 is 0 Å². The van der Waals surface area contributed by atoms with E-state index in [9.17, 15) is 9.59 Å². The van der Waals surface area contributed by atoms with E-state index in [0.717, 1.165) is 26.6 Å². The van der Waals surface area contributed by atoms with Gasteiger partial charge in [0.15, 0.2) is 22.4 Å². The number of benzene rings is 2. The standard InChI is InChI=1S/C26H23ClN6O2S/c1-14(2)22(15(3)34)30-25(35)19-5-4-12-33-23(31-32-24(19)33)16-6-9-18(10-7-16)28-26-29-20-11-8-17(27)13-21(20)36-26/h4-14,22H,1-3H3,(H,28,29)(H,30,35)/t22-/m0/s1. The monoisotopic (exact) mass is 518 g/mol. The highest BCUT2D eigenvalue weighted by Crippen LogP contribution is 2.31. The molecule has 0 fully saturated rings. The number of thiazole rings is 1. The predicted molar refractivity (Wildman–Crippen MR) is 143 cm³/mol. The average molecular weight is 519 g/mol. The highest BCUT2D eigenvalue weighted by molar-refractivity contribution is 7.22. The number of hydrogen-bond donors (Lipinski definition) is 2. The Kier molecular flexibility index (Phi) is 6.42. The maximum absolute atomic E-state index is 13.0. The molecular weight excluding hydrogens is 496 g/mol. The summed E-state index contributed by atoms with van der Waals surface area (Å²) >= 11 is 7.61. The van der Waals surface area contributed by atoms with Crippen molar-refractivity contribution in [3.63, 3.8) is 0 Å². The summed E-state index contributed by atoms with van der Waals surface area (Å²) in [5.74, 6) is 0.140. The first kappa shape index (κ1) is 23.9. The number of fused-ring (bicyclic) bond motifs is 2. The van der Waals surface area contributed by atoms with Gasteiger partial charge in [-0.1, -0.05) is 36.8 Å². The molecule has 0 saturated carbocycles. The predicted octanol–water partition coefficient (Wildman–Crippen LogP) is 5.75. The largest absolute Gasteiger partial charge is 0.342 e. The molecule has 0 radical (unpaired) electrons. The number of nitrogens with zero attached hydrogens (tertiary/aromatic N) is 4. The van der Waals surface area contributed by atoms with E-state index in [1.165, 1.54) is 18.3 Å². The first-order valence-corrected chi connectivity index (χ1v) is 12.6. The van der Waals surface area contributed by atoms with E-state index in [1.54, 1.807) is 16.5 Å². The van der Waals surface area contributed by atoms with E-state index < -0.39 is 6.04 Å². The Bertz CT molecular complexity index is 1590. The number of aromatic nitrogens is 4. The Morgan fingerprint density at radius 3 is 2.56 bits per heavy atom. The SMILES string of the molecule is CC(=O)[C@@H](NC(=O)c1cccn2c(-c3ccc(Nc4nc5ccc(Cl)cc5s4)cc3)nnc12)C(C)C. The molecule has 3 aromatic heterocycles. The number of carbonyl (C=O) groups is 2. The van der Waals surface area contributed by atoms with Crippen molar-refractivity contribution in [3.8, 4) is 11.4 Å². The maximum Gasteiger partial charge on any atom is 0.255 e. The van der Waals surface area contributed by atoms with Crippen LogP contribution in [0.2, 0.25) is 5.02 Å². The Morgan fingerprint density at radius 2 is 1.83 bits per heavy atom. The minimum absolute atomic E-state index is 0.0210. The van der Waals surface area contributed by atoms with Crippen LogP contribution < -0.4 is 10.6 Å². The van der Waals surface area contributed by atoms with Crippen molar-refractivity contribution in [2.75, 3.05) is 5.32 Å². The summed E-state index contributed by atoms with van der Waals surface area (Å²) in [6.07, 6.45) is 1.81. The lowest BCUT2D eigenvalue weighted by Crippen LogP contribution is -2.43. The molecule has 1 amide bonds. The molecule has 10 heteroatoms. The van der Waals surface area contributed by atoms with Gasteiger partial charge in [-0.25, -0.2) is 4.98 Å². The maximum atomic E-state index is 13.0. The van der Waals surface area contributed by atoms with Crippen molar-refractivity contribution in [3.05, 3.63) is 71.4 Å². The highest BCUT2D eigenvalue weighted by Gasteiger charge is 2.23. The fourth-order valence-corrected chi connectivity index (χ4v) is 5.19. The third-order valence-corrected chi connectivity index (χ3v) is 6.98. The van der Waals surface area contributed by atoms with Gasteiger partial charge in [-0.3, -0.25) is 14.0 Å². The molecule has 0 aliphatic carbocycles. The number of halogens is 1. The van der Waals surface area contributed by atoms with Crippen molar-refractivity contribution >= 4 is 61.3 Å². The molecule has 182 valence electrons. The summed E-state index contributed by atoms with van der Waals surface area (Å²) in [5, 5.41) is 16.2. The zero-order valence-electron chi connectivity index (χ0n) is 19.8. The van der Waals surface area contributed by atoms with Gasteiger partial charge in [0.1, 0.15) is 0 Å². The second kappa shape index (κ2) is 9.67. The van der Waals surface area contributed by atoms with Gasteiger partial charge in [0.2, 0.25) is 0 Å². The third kappa shape index (κ3) is 4.67. The number of nitrogens with one attached hydrogen (secondary N) is 2. The van der Waals surface area contributed by atoms with Gasteiger partial charge in [-0.15, -0.1) is 10.2 Å². The quantitative estimate of drug-likeness (QED) is 0.284. The smallest absolute Gasteiger partial charge is 0.255 e. The van der Waals surface area contributed by atoms with Crippen molar-refractivity contribution in [1.82, 2.24) is 24.9 Å². The van der Waals surface area contributed by atoms with Crippen LogP contribution in [0.5, 0.6) is 0 Å². The number of amides is 1. The summed E-state index contributed by atoms with van der Waals surface area (Å²) in [4.78, 5) is 29.5. The fraction of sp³-hybridized carbons (Fsp3) is 0.192. The van der Waals surface area contributed by atoms with Crippen molar-refractivity contribution in [1.29, 1.82) is 0 Å². The first-order valence-electron chi connectivity index (χ1n) is 11.4. The van der Waals surface area contributed by atoms with Gasteiger partial charge >= 0.3 is 0 Å². The second-order valence-electron chi connectivity index (χ2n) is 8.78. The van der Waals surface area contributed by atoms with Crippen LogP contribution in [0.4, 0.5) is 10.8 Å². The number of pyridine rings is 1. The van der Waals surface area contributed by atoms with E-state index in [0.29, 0.717) is 22.1 Å². The minimum Gasteiger partial charge on any atom is -0.342 e. The molecule has 8 nitrogen and oxygen atoms in total. The number of Topliss-reactive ketones (excluding diaryl/α,β-unsaturated/α-hetero) is 1. The third-order valence-electron chi connectivity index (χ3n) is 5.82. The van der Waals surface area contributed by atoms with E-state index in [-0.39, 0.29) is 17.6 Å². The van der Waals surface area contributed by atoms with Crippen LogP contribution in [0.3, 0.4) is 0 Å². The number of hydrogen-bond acceptors (Lipinski definition) is 7. The molecule has 3 heterocycles. The van der Waals surface area contributed by atoms with Gasteiger partial charge in [-0.05, 0) is 67.4 Å². The molecule has 2 aromatic carbocycles. The van der Waals surface area contributed by atoms with E-state index in [2.05, 4.69) is 25.8 Å². The second-order valence-corrected chi connectivity index (χ2v) is 10.2. The molecule has 36 heavy (non-hydrogen) atoms. The van der Waals surface area contributed by atoms with Gasteiger partial charge in [0.25, 0.3) is 5.91 Å². The zero-order valence-corrected chi connectivity index (χ0v) is 21.4. The molecule has 0 saturated heterocycles. The normalized spacial score (nSPS) is 12.2. The molecular formula is C26H23ClN6O2S. The van der Waals surface area contributed by atoms with Crippen LogP contribution in [-0.4, -0.2) is 37.3 Å². The summed E-state index contributed by atoms with van der Waals surface area (Å²) in [7, 11) is 0. The summed E-state index contributed by atoms with van der Waals surface area (Å²) in [6.45, 7) is 5.27. The number of carbonyl (C=O) groups excluding carboxylic acids is 2. The van der Waals surface area contributed by atoms with Gasteiger partial charge in [-0.2, -0.15) is 0 Å². The first-order chi connectivity index (χ1) is 17.3. The molecule has 0 unspecified atom stereocenters. The van der Waals surface area contributed by atoms with Gasteiger partial charge in [0.05, 0.1) is 21.8 Å². The molecule has 5 rings (SSSR count). The van der Waals surface area contributed by atoms with Crippen molar-refractivity contribution < 1.29 is 9.59 Å². The van der Waals surface area contributed by atoms with Crippen LogP contribution >= 0.6 is 22.9 Å². The molecule has 2 N–H and O–H groups in total. The highest BCUT2D eigenvalue weighted by atomic mass is 35.5. The molecule has 0 aliphatic heterocycles. The fourth-order valence-electron chi connectivity index (χ4n) is 4.02. The Hall–Kier alpha value is -3.82. The Morgan fingerprint density at radius 1 is 1.06 bits per heavy atom. The summed E-state index contributed by atoms with van der Waals surface area (Å²) < 4.78 is 2.78. The zero-order chi connectivity index (χ0) is 25.4. The van der Waals surface area contributed by atoms with Crippen LogP contribution in [0.1, 0.15) is 31.1 Å². The van der Waals surface area contributed by atoms with Crippen LogP contribution in [0.15, 0.2) is 60.8 Å². The lowest BCUT2D eigenvalue weighted by atomic mass is 10.0. The molecule has 0 bridgehead atoms. The van der Waals surface area contributed by atoms with Gasteiger partial charge in [0, 0.05) is 22.5 Å². The summed E-state index contributed by atoms with van der Waals surface area (Å²) in [6, 6.07) is 16.2. The molecule has 5 aromatic rings. The Labute approximate surface area is 216 Å². The molecule has 0 spiro atoms. The Balaban J connectivity index is 1.39. The molecule has 0 aliphatic rings. The number of anilines is 2. The minimum atomic E-state index is -0.562. The van der Waals surface area contributed by atoms with Crippen LogP contribution in [0.25, 0.3) is 27.3 Å². The van der Waals surface area contributed by atoms with E-state index in [1.807, 2.05) is 62.5 Å². The van der Waals surface area contributed by atoms with Crippen LogP contribution in [-0.2, 0) is 4.79 Å². The lowest BCUT2D eigenvalue weighted by molar-refractivity contribution is -0.119. The number of ketones is 1. The summed E-state index contributed by atoms with van der Waals surface area (Å²) in [5.41, 5.74) is 3.39. The molecule has 1 atom stereocenters. The number of rotatable bonds is 7. The van der Waals surface area contributed by atoms with Crippen molar-refractivity contribution in [2.45, 2.75) is 26.8 Å². The van der Waals surface area contributed by atoms with Crippen molar-refractivity contribution in [2.24, 2.45) is 5.92 Å². The van der Waals surface area contributed by atoms with Gasteiger partial charge < -0.3 is 10.6 Å². The average Bonchev–Trinajstić information content (AvgIpc) is 3.45. The van der Waals surface area contributed by atoms with E-state index in [4.69, 9.17) is 11.6 Å².